The summed E-state index contributed by atoms with van der Waals surface area (Å²) < 4.78 is 11.6. The first-order chi connectivity index (χ1) is 14.7. The first-order valence-corrected chi connectivity index (χ1v) is 10.3. The van der Waals surface area contributed by atoms with Crippen LogP contribution in [0, 0.1) is 0 Å². The Morgan fingerprint density at radius 3 is 2.47 bits per heavy atom. The maximum Gasteiger partial charge on any atom is 0.246 e. The summed E-state index contributed by atoms with van der Waals surface area (Å²) in [7, 11) is 1.62. The quantitative estimate of drug-likeness (QED) is 0.489. The lowest BCUT2D eigenvalue weighted by atomic mass is 10.0. The van der Waals surface area contributed by atoms with Crippen molar-refractivity contribution in [3.05, 3.63) is 72.3 Å². The fraction of sp³-hybridized carbons (Fsp3) is 0.240. The van der Waals surface area contributed by atoms with Crippen LogP contribution in [0.5, 0.6) is 5.75 Å². The van der Waals surface area contributed by atoms with Gasteiger partial charge < -0.3 is 14.5 Å². The fourth-order valence-corrected chi connectivity index (χ4v) is 4.38. The van der Waals surface area contributed by atoms with E-state index in [1.807, 2.05) is 66.7 Å². The predicted molar refractivity (Wildman–Crippen MR) is 119 cm³/mol. The van der Waals surface area contributed by atoms with Gasteiger partial charge in [0.05, 0.1) is 12.8 Å². The van der Waals surface area contributed by atoms with Gasteiger partial charge in [0.15, 0.2) is 0 Å². The monoisotopic (exact) mass is 400 g/mol. The van der Waals surface area contributed by atoms with E-state index in [0.717, 1.165) is 53.4 Å². The van der Waals surface area contributed by atoms with Crippen molar-refractivity contribution < 1.29 is 13.9 Å². The third-order valence-corrected chi connectivity index (χ3v) is 5.83. The molecular weight excluding hydrogens is 376 g/mol. The van der Waals surface area contributed by atoms with Crippen molar-refractivity contribution in [3.8, 4) is 5.75 Å². The summed E-state index contributed by atoms with van der Waals surface area (Å²) in [6.45, 7) is 1.85. The molecule has 1 aliphatic rings. The number of likely N-dealkylation sites (tertiary alicyclic amines) is 1. The van der Waals surface area contributed by atoms with E-state index < -0.39 is 0 Å². The number of furan rings is 1. The molecule has 5 nitrogen and oxygen atoms in total. The van der Waals surface area contributed by atoms with Crippen molar-refractivity contribution in [2.24, 2.45) is 0 Å². The molecule has 1 saturated heterocycles. The number of hydrogen-bond acceptors (Lipinski definition) is 4. The molecule has 0 bridgehead atoms. The molecule has 0 spiro atoms. The highest BCUT2D eigenvalue weighted by molar-refractivity contribution is 6.08. The second-order valence-corrected chi connectivity index (χ2v) is 7.69. The third-order valence-electron chi connectivity index (χ3n) is 5.83. The molecule has 0 radical (unpaired) electrons. The summed E-state index contributed by atoms with van der Waals surface area (Å²) in [5.74, 6) is 0.562. The average molecular weight is 400 g/mol. The Hall–Kier alpha value is -3.31. The molecule has 2 heterocycles. The van der Waals surface area contributed by atoms with E-state index in [-0.39, 0.29) is 11.9 Å². The second kappa shape index (κ2) is 7.84. The number of carbonyl (C=O) groups is 1. The van der Waals surface area contributed by atoms with Gasteiger partial charge >= 0.3 is 0 Å². The number of rotatable bonds is 5. The number of ether oxygens (including phenoxy) is 1. The van der Waals surface area contributed by atoms with E-state index in [2.05, 4.69) is 10.2 Å². The van der Waals surface area contributed by atoms with Gasteiger partial charge in [-0.2, -0.15) is 0 Å². The molecule has 0 aliphatic carbocycles. The van der Waals surface area contributed by atoms with Crippen LogP contribution >= 0.6 is 0 Å². The van der Waals surface area contributed by atoms with Gasteiger partial charge in [-0.05, 0) is 43.6 Å². The van der Waals surface area contributed by atoms with E-state index >= 15 is 0 Å². The number of amides is 1. The van der Waals surface area contributed by atoms with E-state index in [9.17, 15) is 4.79 Å². The van der Waals surface area contributed by atoms with Crippen molar-refractivity contribution in [2.45, 2.75) is 18.9 Å². The minimum absolute atomic E-state index is 0.0585. The Labute approximate surface area is 175 Å². The van der Waals surface area contributed by atoms with Crippen molar-refractivity contribution in [2.75, 3.05) is 25.5 Å². The third kappa shape index (κ3) is 3.31. The number of carbonyl (C=O) groups excluding carboxylic acids is 1. The van der Waals surface area contributed by atoms with E-state index in [0.29, 0.717) is 11.4 Å². The predicted octanol–water partition coefficient (Wildman–Crippen LogP) is 5.37. The lowest BCUT2D eigenvalue weighted by Crippen LogP contribution is -2.35. The number of hydrogen-bond donors (Lipinski definition) is 1. The van der Waals surface area contributed by atoms with Gasteiger partial charge in [0, 0.05) is 16.8 Å². The van der Waals surface area contributed by atoms with Gasteiger partial charge in [0.2, 0.25) is 5.91 Å². The van der Waals surface area contributed by atoms with Crippen molar-refractivity contribution in [1.82, 2.24) is 4.90 Å². The van der Waals surface area contributed by atoms with Gasteiger partial charge in [-0.15, -0.1) is 0 Å². The SMILES string of the molecule is COc1cc2c(cc1NC(=O)C(c1ccccc1)N1CCCC1)oc1ccccc12. The zero-order valence-corrected chi connectivity index (χ0v) is 16.9. The van der Waals surface area contributed by atoms with E-state index in [4.69, 9.17) is 9.15 Å². The van der Waals surface area contributed by atoms with Gasteiger partial charge in [-0.1, -0.05) is 48.5 Å². The maximum absolute atomic E-state index is 13.4. The molecular formula is C25H24N2O3. The van der Waals surface area contributed by atoms with E-state index in [1.54, 1.807) is 7.11 Å². The number of anilines is 1. The largest absolute Gasteiger partial charge is 0.495 e. The molecule has 4 aromatic rings. The Bertz CT molecular complexity index is 1190. The molecule has 1 aliphatic heterocycles. The van der Waals surface area contributed by atoms with Crippen molar-refractivity contribution >= 4 is 33.5 Å². The molecule has 1 aromatic heterocycles. The normalized spacial score (nSPS) is 15.5. The van der Waals surface area contributed by atoms with Crippen molar-refractivity contribution in [3.63, 3.8) is 0 Å². The Morgan fingerprint density at radius 2 is 1.70 bits per heavy atom. The summed E-state index contributed by atoms with van der Waals surface area (Å²) in [5.41, 5.74) is 3.16. The summed E-state index contributed by atoms with van der Waals surface area (Å²) in [6, 6.07) is 21.3. The lowest BCUT2D eigenvalue weighted by Gasteiger charge is -2.27. The highest BCUT2D eigenvalue weighted by Crippen LogP contribution is 2.37. The van der Waals surface area contributed by atoms with Crippen molar-refractivity contribution in [1.29, 1.82) is 0 Å². The second-order valence-electron chi connectivity index (χ2n) is 7.69. The molecule has 0 saturated carbocycles. The number of nitrogens with zero attached hydrogens (tertiary/aromatic N) is 1. The zero-order valence-electron chi connectivity index (χ0n) is 16.9. The first-order valence-electron chi connectivity index (χ1n) is 10.3. The van der Waals surface area contributed by atoms with Crippen LogP contribution in [-0.2, 0) is 4.79 Å². The number of para-hydroxylation sites is 1. The summed E-state index contributed by atoms with van der Waals surface area (Å²) >= 11 is 0. The van der Waals surface area contributed by atoms with Crippen LogP contribution in [0.25, 0.3) is 21.9 Å². The minimum atomic E-state index is -0.329. The molecule has 3 aromatic carbocycles. The Kier molecular flexibility index (Phi) is 4.89. The number of benzene rings is 3. The first kappa shape index (κ1) is 18.7. The molecule has 1 amide bonds. The minimum Gasteiger partial charge on any atom is -0.495 e. The number of nitrogens with one attached hydrogen (secondary N) is 1. The maximum atomic E-state index is 13.4. The molecule has 30 heavy (non-hydrogen) atoms. The van der Waals surface area contributed by atoms with Crippen LogP contribution in [0.4, 0.5) is 5.69 Å². The van der Waals surface area contributed by atoms with Crippen LogP contribution in [0.2, 0.25) is 0 Å². The molecule has 1 atom stereocenters. The Morgan fingerprint density at radius 1 is 0.967 bits per heavy atom. The molecule has 152 valence electrons. The summed E-state index contributed by atoms with van der Waals surface area (Å²) in [5, 5.41) is 5.11. The molecule has 5 rings (SSSR count). The van der Waals surface area contributed by atoms with E-state index in [1.165, 1.54) is 0 Å². The zero-order chi connectivity index (χ0) is 20.5. The molecule has 1 fully saturated rings. The smallest absolute Gasteiger partial charge is 0.246 e. The van der Waals surface area contributed by atoms with Gasteiger partial charge in [0.1, 0.15) is 23.0 Å². The molecule has 5 heteroatoms. The van der Waals surface area contributed by atoms with Crippen LogP contribution in [0.15, 0.2) is 71.1 Å². The highest BCUT2D eigenvalue weighted by Gasteiger charge is 2.30. The van der Waals surface area contributed by atoms with Gasteiger partial charge in [0.25, 0.3) is 0 Å². The standard InChI is InChI=1S/C25H24N2O3/c1-29-23-15-19-18-11-5-6-12-21(18)30-22(19)16-20(23)26-25(28)24(27-13-7-8-14-27)17-9-3-2-4-10-17/h2-6,9-12,15-16,24H,7-8,13-14H2,1H3,(H,26,28). The van der Waals surface area contributed by atoms with Crippen LogP contribution in [0.3, 0.4) is 0 Å². The highest BCUT2D eigenvalue weighted by atomic mass is 16.5. The fourth-order valence-electron chi connectivity index (χ4n) is 4.38. The average Bonchev–Trinajstić information content (AvgIpc) is 3.42. The Balaban J connectivity index is 1.52. The van der Waals surface area contributed by atoms with Gasteiger partial charge in [-0.3, -0.25) is 9.69 Å². The molecule has 1 N–H and O–H groups in total. The summed E-state index contributed by atoms with van der Waals surface area (Å²) in [6.07, 6.45) is 2.23. The van der Waals surface area contributed by atoms with Crippen LogP contribution < -0.4 is 10.1 Å². The number of fused-ring (bicyclic) bond motifs is 3. The van der Waals surface area contributed by atoms with Gasteiger partial charge in [-0.25, -0.2) is 0 Å². The van der Waals surface area contributed by atoms with Crippen LogP contribution in [0.1, 0.15) is 24.4 Å². The lowest BCUT2D eigenvalue weighted by molar-refractivity contribution is -0.121. The topological polar surface area (TPSA) is 54.7 Å². The molecule has 1 unspecified atom stereocenters. The van der Waals surface area contributed by atoms with Crippen LogP contribution in [-0.4, -0.2) is 31.0 Å². The number of methoxy groups -OCH3 is 1. The summed E-state index contributed by atoms with van der Waals surface area (Å²) in [4.78, 5) is 15.7.